The quantitative estimate of drug-likeness (QED) is 0.230. The topological polar surface area (TPSA) is 123 Å². The highest BCUT2D eigenvalue weighted by atomic mass is 19.1. The van der Waals surface area contributed by atoms with Crippen molar-refractivity contribution in [1.82, 2.24) is 14.9 Å². The molecule has 3 N–H and O–H groups in total. The summed E-state index contributed by atoms with van der Waals surface area (Å²) in [6.45, 7) is -0.0602. The number of hydrogen-bond acceptors (Lipinski definition) is 5. The van der Waals surface area contributed by atoms with Gasteiger partial charge in [0.15, 0.2) is 0 Å². The Hall–Kier alpha value is -4.99. The van der Waals surface area contributed by atoms with E-state index in [4.69, 9.17) is 4.74 Å². The van der Waals surface area contributed by atoms with Gasteiger partial charge in [0.2, 0.25) is 5.91 Å². The van der Waals surface area contributed by atoms with Gasteiger partial charge in [-0.1, -0.05) is 18.9 Å². The smallest absolute Gasteiger partial charge is 0.335 e. The molecule has 1 aliphatic heterocycles. The molecular formula is C35H33FN4O5. The van der Waals surface area contributed by atoms with E-state index in [2.05, 4.69) is 15.6 Å². The number of ether oxygens (including phenoxy) is 1. The van der Waals surface area contributed by atoms with Crippen LogP contribution in [0.25, 0.3) is 28.4 Å². The molecular weight excluding hydrogens is 575 g/mol. The first kappa shape index (κ1) is 28.8. The number of hydrogen-bond donors (Lipinski definition) is 3. The van der Waals surface area contributed by atoms with Gasteiger partial charge in [-0.3, -0.25) is 14.6 Å². The number of carboxylic acids is 1. The minimum absolute atomic E-state index is 0.0602. The zero-order valence-electron chi connectivity index (χ0n) is 24.9. The van der Waals surface area contributed by atoms with Crippen LogP contribution in [0.5, 0.6) is 5.75 Å². The molecule has 45 heavy (non-hydrogen) atoms. The van der Waals surface area contributed by atoms with Crippen LogP contribution in [0.4, 0.5) is 10.1 Å². The molecule has 3 aliphatic rings. The molecule has 3 heterocycles. The fourth-order valence-corrected chi connectivity index (χ4v) is 6.90. The predicted molar refractivity (Wildman–Crippen MR) is 168 cm³/mol. The lowest BCUT2D eigenvalue weighted by molar-refractivity contribution is -0.133. The highest BCUT2D eigenvalue weighted by Gasteiger charge is 2.45. The Bertz CT molecular complexity index is 1880. The third-order valence-corrected chi connectivity index (χ3v) is 9.49. The van der Waals surface area contributed by atoms with Crippen molar-refractivity contribution in [3.8, 4) is 17.1 Å². The molecule has 0 spiro atoms. The molecule has 10 heteroatoms. The Morgan fingerprint density at radius 2 is 1.84 bits per heavy atom. The average molecular weight is 609 g/mol. The van der Waals surface area contributed by atoms with Crippen LogP contribution in [-0.2, 0) is 16.6 Å². The Balaban J connectivity index is 1.15. The van der Waals surface area contributed by atoms with Crippen LogP contribution in [0, 0.1) is 5.82 Å². The van der Waals surface area contributed by atoms with E-state index in [0.717, 1.165) is 48.7 Å². The summed E-state index contributed by atoms with van der Waals surface area (Å²) >= 11 is 0. The molecule has 0 bridgehead atoms. The number of rotatable bonds is 7. The van der Waals surface area contributed by atoms with Crippen LogP contribution >= 0.6 is 0 Å². The van der Waals surface area contributed by atoms with Crippen LogP contribution in [0.1, 0.15) is 72.3 Å². The maximum atomic E-state index is 13.7. The molecule has 2 aromatic carbocycles. The largest absolute Gasteiger partial charge is 0.488 e. The monoisotopic (exact) mass is 608 g/mol. The molecule has 2 aromatic heterocycles. The number of fused-ring (bicyclic) bond motifs is 2. The van der Waals surface area contributed by atoms with Gasteiger partial charge in [0, 0.05) is 40.8 Å². The number of aliphatic carboxylic acids is 1. The highest BCUT2D eigenvalue weighted by Crippen LogP contribution is 2.44. The second-order valence-corrected chi connectivity index (χ2v) is 12.3. The molecule has 2 saturated carbocycles. The van der Waals surface area contributed by atoms with Crippen LogP contribution in [0.3, 0.4) is 0 Å². The Kier molecular flexibility index (Phi) is 7.14. The van der Waals surface area contributed by atoms with Gasteiger partial charge >= 0.3 is 5.97 Å². The number of amides is 2. The molecule has 9 nitrogen and oxygen atoms in total. The van der Waals surface area contributed by atoms with Crippen LogP contribution in [-0.4, -0.2) is 44.6 Å². The summed E-state index contributed by atoms with van der Waals surface area (Å²) in [5.74, 6) is -1.23. The Morgan fingerprint density at radius 3 is 2.53 bits per heavy atom. The normalized spacial score (nSPS) is 17.2. The van der Waals surface area contributed by atoms with Crippen LogP contribution in [0.15, 0.2) is 60.3 Å². The summed E-state index contributed by atoms with van der Waals surface area (Å²) in [6, 6.07) is 13.8. The summed E-state index contributed by atoms with van der Waals surface area (Å²) in [5, 5.41) is 16.2. The number of carbonyl (C=O) groups excluding carboxylic acids is 2. The molecule has 0 radical (unpaired) electrons. The third-order valence-electron chi connectivity index (χ3n) is 9.49. The minimum atomic E-state index is -1.05. The zero-order valence-corrected chi connectivity index (χ0v) is 24.9. The first-order chi connectivity index (χ1) is 21.7. The van der Waals surface area contributed by atoms with E-state index in [9.17, 15) is 23.9 Å². The van der Waals surface area contributed by atoms with Gasteiger partial charge in [0.1, 0.15) is 23.7 Å². The third kappa shape index (κ3) is 5.13. The van der Waals surface area contributed by atoms with Crippen molar-refractivity contribution >= 4 is 40.4 Å². The molecule has 0 saturated heterocycles. The fourth-order valence-electron chi connectivity index (χ4n) is 6.90. The molecule has 4 aromatic rings. The second-order valence-electron chi connectivity index (χ2n) is 12.3. The van der Waals surface area contributed by atoms with E-state index in [1.807, 2.05) is 29.8 Å². The summed E-state index contributed by atoms with van der Waals surface area (Å²) in [5.41, 5.74) is 4.37. The number of benzene rings is 2. The van der Waals surface area contributed by atoms with Crippen molar-refractivity contribution in [2.24, 2.45) is 7.05 Å². The standard InChI is InChI=1S/C35H33FN4O5/c1-40-28-16-22(8-11-26(28)30(20-5-2-3-6-20)31(40)27-12-9-24(36)18-37-27)32(41)39-35(13-4-14-35)34(44)38-25-10-7-21-15-23(33(42)43)19-45-29(21)17-25/h7-12,15-18,20H,2-6,13-14,19H2,1H3,(H,38,44)(H,39,41)(H,42,43). The van der Waals surface area contributed by atoms with Crippen molar-refractivity contribution in [2.45, 2.75) is 56.4 Å². The van der Waals surface area contributed by atoms with E-state index in [1.165, 1.54) is 17.8 Å². The molecule has 0 unspecified atom stereocenters. The van der Waals surface area contributed by atoms with Gasteiger partial charge in [0.05, 0.1) is 23.2 Å². The Labute approximate surface area is 259 Å². The summed E-state index contributed by atoms with van der Waals surface area (Å²) < 4.78 is 21.4. The minimum Gasteiger partial charge on any atom is -0.488 e. The summed E-state index contributed by atoms with van der Waals surface area (Å²) in [6.07, 6.45) is 9.07. The van der Waals surface area contributed by atoms with Gasteiger partial charge in [-0.25, -0.2) is 9.18 Å². The lowest BCUT2D eigenvalue weighted by atomic mass is 9.75. The number of halogens is 1. The van der Waals surface area contributed by atoms with E-state index < -0.39 is 11.5 Å². The summed E-state index contributed by atoms with van der Waals surface area (Å²) in [7, 11) is 1.95. The van der Waals surface area contributed by atoms with Gasteiger partial charge in [-0.2, -0.15) is 0 Å². The molecule has 7 rings (SSSR count). The van der Waals surface area contributed by atoms with Gasteiger partial charge in [-0.15, -0.1) is 0 Å². The van der Waals surface area contributed by atoms with Crippen molar-refractivity contribution in [2.75, 3.05) is 11.9 Å². The summed E-state index contributed by atoms with van der Waals surface area (Å²) in [4.78, 5) is 42.9. The molecule has 0 atom stereocenters. The first-order valence-corrected chi connectivity index (χ1v) is 15.3. The van der Waals surface area contributed by atoms with Crippen molar-refractivity contribution in [3.63, 3.8) is 0 Å². The molecule has 2 fully saturated rings. The number of carbonyl (C=O) groups is 3. The van der Waals surface area contributed by atoms with Crippen molar-refractivity contribution < 1.29 is 28.6 Å². The molecule has 2 aliphatic carbocycles. The highest BCUT2D eigenvalue weighted by molar-refractivity contribution is 6.06. The zero-order chi connectivity index (χ0) is 31.3. The van der Waals surface area contributed by atoms with Gasteiger partial charge in [-0.05, 0) is 86.1 Å². The lowest BCUT2D eigenvalue weighted by Gasteiger charge is -2.40. The number of carboxylic acid groups (broad SMARTS) is 1. The van der Waals surface area contributed by atoms with Crippen molar-refractivity contribution in [3.05, 3.63) is 82.8 Å². The predicted octanol–water partition coefficient (Wildman–Crippen LogP) is 6.19. The SMILES string of the molecule is Cn1c(-c2ccc(F)cn2)c(C2CCCC2)c2ccc(C(=O)NC3(C(=O)Nc4ccc5c(c4)OCC(C(=O)O)=C5)CCC3)cc21. The van der Waals surface area contributed by atoms with E-state index in [0.29, 0.717) is 47.0 Å². The maximum Gasteiger partial charge on any atom is 0.335 e. The number of nitrogens with one attached hydrogen (secondary N) is 2. The van der Waals surface area contributed by atoms with Crippen LogP contribution in [0.2, 0.25) is 0 Å². The second kappa shape index (κ2) is 11.2. The molecule has 230 valence electrons. The molecule has 2 amide bonds. The van der Waals surface area contributed by atoms with Gasteiger partial charge < -0.3 is 25.0 Å². The number of anilines is 1. The lowest BCUT2D eigenvalue weighted by Crippen LogP contribution is -2.61. The Morgan fingerprint density at radius 1 is 1.04 bits per heavy atom. The van der Waals surface area contributed by atoms with Crippen LogP contribution < -0.4 is 15.4 Å². The van der Waals surface area contributed by atoms with Crippen molar-refractivity contribution in [1.29, 1.82) is 0 Å². The number of aryl methyl sites for hydroxylation is 1. The number of pyridine rings is 1. The fraction of sp³-hybridized carbons (Fsp3) is 0.314. The first-order valence-electron chi connectivity index (χ1n) is 15.3. The number of nitrogens with zero attached hydrogens (tertiary/aromatic N) is 2. The van der Waals surface area contributed by atoms with Gasteiger partial charge in [0.25, 0.3) is 5.91 Å². The van der Waals surface area contributed by atoms with E-state index in [1.54, 1.807) is 30.3 Å². The average Bonchev–Trinajstić information content (AvgIpc) is 3.65. The maximum absolute atomic E-state index is 13.7. The van der Waals surface area contributed by atoms with E-state index >= 15 is 0 Å². The number of aromatic nitrogens is 2. The van der Waals surface area contributed by atoms with E-state index in [-0.39, 0.29) is 29.8 Å².